The number of hydrogen-bond acceptors (Lipinski definition) is 7. The molecular weight excluding hydrogens is 630 g/mol. The van der Waals surface area contributed by atoms with Crippen LogP contribution in [0.3, 0.4) is 0 Å². The summed E-state index contributed by atoms with van der Waals surface area (Å²) in [7, 11) is -1.73. The number of hydrogen-bond donors (Lipinski definition) is 4. The summed E-state index contributed by atoms with van der Waals surface area (Å²) in [6.45, 7) is 1.34. The summed E-state index contributed by atoms with van der Waals surface area (Å²) in [6.07, 6.45) is 6.62. The molecule has 3 amide bonds. The molecule has 0 bridgehead atoms. The van der Waals surface area contributed by atoms with Crippen LogP contribution in [0.15, 0.2) is 48.5 Å². The molecule has 0 saturated carbocycles. The number of nitrogens with one attached hydrogen (secondary N) is 2. The highest BCUT2D eigenvalue weighted by Crippen LogP contribution is 2.28. The molecule has 1 unspecified atom stereocenters. The maximum absolute atomic E-state index is 14.2. The van der Waals surface area contributed by atoms with E-state index in [1.807, 2.05) is 48.5 Å². The molecule has 0 spiro atoms. The van der Waals surface area contributed by atoms with E-state index >= 15 is 0 Å². The van der Waals surface area contributed by atoms with Gasteiger partial charge in [-0.3, -0.25) is 14.5 Å². The summed E-state index contributed by atoms with van der Waals surface area (Å²) in [5.41, 5.74) is 3.01. The Bertz CT molecular complexity index is 1310. The third-order valence-corrected chi connectivity index (χ3v) is 9.57. The first kappa shape index (κ1) is 36.0. The molecule has 5 rings (SSSR count). The molecule has 13 heteroatoms. The largest absolute Gasteiger partial charge is 0.475 e. The third-order valence-electron chi connectivity index (χ3n) is 9.21. The second kappa shape index (κ2) is 17.4. The lowest BCUT2D eigenvalue weighted by Gasteiger charge is -2.30. The molecule has 0 aliphatic carbocycles. The second-order valence-electron chi connectivity index (χ2n) is 12.5. The molecule has 0 radical (unpaired) electrons. The van der Waals surface area contributed by atoms with Gasteiger partial charge in [0.2, 0.25) is 11.8 Å². The van der Waals surface area contributed by atoms with Crippen LogP contribution in [-0.2, 0) is 34.0 Å². The van der Waals surface area contributed by atoms with Crippen LogP contribution in [0.5, 0.6) is 0 Å². The standard InChI is InChI=1S/C33H44BClN4O6.ClH/c35-27-15-11-10-12-23(27)19-36-28-16-6-4-2-1-3-5-7-17-30(34(43)44)37-31(40)29-18-26(22-39(29)32(28)41)45-33(42)38-20-24-13-8-9-14-25(24)21-38;/h8-15,26,28-30,36,43-44H,1-7,16-22H2,(H,37,40);1H/t26-,28?,29+,30-;/m1./s1. The lowest BCUT2D eigenvalue weighted by Crippen LogP contribution is -2.56. The highest BCUT2D eigenvalue weighted by Gasteiger charge is 2.44. The third kappa shape index (κ3) is 9.38. The van der Waals surface area contributed by atoms with Crippen LogP contribution < -0.4 is 10.6 Å². The topological polar surface area (TPSA) is 131 Å². The van der Waals surface area contributed by atoms with Crippen LogP contribution >= 0.6 is 24.0 Å². The van der Waals surface area contributed by atoms with Gasteiger partial charge in [-0.25, -0.2) is 4.79 Å². The van der Waals surface area contributed by atoms with Crippen molar-refractivity contribution < 1.29 is 29.2 Å². The van der Waals surface area contributed by atoms with Gasteiger partial charge in [-0.2, -0.15) is 0 Å². The van der Waals surface area contributed by atoms with Crippen molar-refractivity contribution in [3.8, 4) is 0 Å². The predicted molar refractivity (Wildman–Crippen MR) is 179 cm³/mol. The number of halogens is 2. The van der Waals surface area contributed by atoms with E-state index in [-0.39, 0.29) is 31.3 Å². The molecule has 3 aliphatic rings. The van der Waals surface area contributed by atoms with E-state index in [1.165, 1.54) is 4.90 Å². The summed E-state index contributed by atoms with van der Waals surface area (Å²) in [6, 6.07) is 13.8. The summed E-state index contributed by atoms with van der Waals surface area (Å²) >= 11 is 6.40. The molecule has 2 fully saturated rings. The van der Waals surface area contributed by atoms with Crippen molar-refractivity contribution in [1.82, 2.24) is 20.4 Å². The first-order valence-corrected chi connectivity index (χ1v) is 16.6. The molecule has 3 heterocycles. The first-order chi connectivity index (χ1) is 21.8. The Kier molecular flexibility index (Phi) is 13.6. The maximum Gasteiger partial charge on any atom is 0.475 e. The average molecular weight is 675 g/mol. The van der Waals surface area contributed by atoms with Crippen molar-refractivity contribution in [1.29, 1.82) is 0 Å². The van der Waals surface area contributed by atoms with E-state index in [4.69, 9.17) is 16.3 Å². The van der Waals surface area contributed by atoms with Crippen molar-refractivity contribution in [3.05, 3.63) is 70.2 Å². The fraction of sp³-hybridized carbons (Fsp3) is 0.545. The van der Waals surface area contributed by atoms with Gasteiger partial charge in [-0.05, 0) is 35.6 Å². The van der Waals surface area contributed by atoms with Crippen molar-refractivity contribution in [3.63, 3.8) is 0 Å². The number of benzene rings is 2. The van der Waals surface area contributed by atoms with Gasteiger partial charge < -0.3 is 30.3 Å². The van der Waals surface area contributed by atoms with Gasteiger partial charge >= 0.3 is 13.2 Å². The SMILES string of the molecule is Cl.O=C1N[C@@H](B(O)O)CCCCCCCCCC(NCc2ccccc2Cl)C(=O)N2C[C@H](OC(=O)N3Cc4ccccc4C3)C[C@@H]12. The molecule has 250 valence electrons. The van der Waals surface area contributed by atoms with Gasteiger partial charge in [-0.15, -0.1) is 12.4 Å². The maximum atomic E-state index is 14.2. The quantitative estimate of drug-likeness (QED) is 0.347. The van der Waals surface area contributed by atoms with Crippen molar-refractivity contribution in [2.24, 2.45) is 0 Å². The number of carbonyl (C=O) groups excluding carboxylic acids is 3. The molecule has 2 saturated heterocycles. The van der Waals surface area contributed by atoms with Crippen LogP contribution in [0.1, 0.15) is 80.9 Å². The molecular formula is C33H45BCl2N4O6. The van der Waals surface area contributed by atoms with Gasteiger partial charge in [0.25, 0.3) is 0 Å². The van der Waals surface area contributed by atoms with Crippen molar-refractivity contribution in [2.75, 3.05) is 6.54 Å². The van der Waals surface area contributed by atoms with E-state index in [2.05, 4.69) is 10.6 Å². The van der Waals surface area contributed by atoms with E-state index < -0.39 is 43.2 Å². The number of nitrogens with zero attached hydrogens (tertiary/aromatic N) is 2. The Labute approximate surface area is 282 Å². The number of fused-ring (bicyclic) bond motifs is 2. The molecule has 0 aromatic heterocycles. The number of ether oxygens (including phenoxy) is 1. The highest BCUT2D eigenvalue weighted by atomic mass is 35.5. The van der Waals surface area contributed by atoms with Crippen LogP contribution in [-0.4, -0.2) is 75.5 Å². The van der Waals surface area contributed by atoms with Crippen molar-refractivity contribution >= 4 is 49.0 Å². The number of carbonyl (C=O) groups is 3. The minimum Gasteiger partial charge on any atom is -0.444 e. The molecule has 4 atom stereocenters. The van der Waals surface area contributed by atoms with Gasteiger partial charge in [0.15, 0.2) is 0 Å². The lowest BCUT2D eigenvalue weighted by molar-refractivity contribution is -0.140. The van der Waals surface area contributed by atoms with Crippen LogP contribution in [0.25, 0.3) is 0 Å². The summed E-state index contributed by atoms with van der Waals surface area (Å²) in [5, 5.41) is 26.9. The number of amides is 3. The van der Waals surface area contributed by atoms with Crippen LogP contribution in [0.2, 0.25) is 5.02 Å². The van der Waals surface area contributed by atoms with Crippen LogP contribution in [0.4, 0.5) is 4.79 Å². The van der Waals surface area contributed by atoms with E-state index in [1.54, 1.807) is 4.90 Å². The van der Waals surface area contributed by atoms with Crippen molar-refractivity contribution in [2.45, 2.75) is 108 Å². The fourth-order valence-corrected chi connectivity index (χ4v) is 6.82. The average Bonchev–Trinajstić information content (AvgIpc) is 3.66. The second-order valence-corrected chi connectivity index (χ2v) is 12.9. The molecule has 10 nitrogen and oxygen atoms in total. The Morgan fingerprint density at radius 2 is 1.54 bits per heavy atom. The lowest BCUT2D eigenvalue weighted by atomic mass is 9.76. The zero-order chi connectivity index (χ0) is 31.8. The zero-order valence-corrected chi connectivity index (χ0v) is 27.7. The minimum atomic E-state index is -1.73. The predicted octanol–water partition coefficient (Wildman–Crippen LogP) is 4.36. The first-order valence-electron chi connectivity index (χ1n) is 16.3. The highest BCUT2D eigenvalue weighted by molar-refractivity contribution is 6.43. The summed E-state index contributed by atoms with van der Waals surface area (Å²) in [4.78, 5) is 44.3. The Morgan fingerprint density at radius 3 is 2.20 bits per heavy atom. The summed E-state index contributed by atoms with van der Waals surface area (Å²) < 4.78 is 5.91. The minimum absolute atomic E-state index is 0. The molecule has 2 aromatic rings. The Hall–Kier alpha value is -2.83. The Balaban J connectivity index is 0.00000480. The van der Waals surface area contributed by atoms with Gasteiger partial charge in [0.1, 0.15) is 12.1 Å². The fourth-order valence-electron chi connectivity index (χ4n) is 6.61. The van der Waals surface area contributed by atoms with E-state index in [0.717, 1.165) is 61.6 Å². The van der Waals surface area contributed by atoms with E-state index in [0.29, 0.717) is 37.5 Å². The molecule has 3 aliphatic heterocycles. The zero-order valence-electron chi connectivity index (χ0n) is 26.1. The molecule has 2 aromatic carbocycles. The van der Waals surface area contributed by atoms with Gasteiger partial charge in [-0.1, -0.05) is 99.0 Å². The van der Waals surface area contributed by atoms with Gasteiger partial charge in [0, 0.05) is 31.1 Å². The molecule has 46 heavy (non-hydrogen) atoms. The van der Waals surface area contributed by atoms with Crippen LogP contribution in [0, 0.1) is 0 Å². The summed E-state index contributed by atoms with van der Waals surface area (Å²) in [5.74, 6) is -1.59. The monoisotopic (exact) mass is 674 g/mol. The normalized spacial score (nSPS) is 24.4. The van der Waals surface area contributed by atoms with Gasteiger partial charge in [0.05, 0.1) is 18.5 Å². The van der Waals surface area contributed by atoms with E-state index in [9.17, 15) is 24.4 Å². The Morgan fingerprint density at radius 1 is 0.935 bits per heavy atom. The smallest absolute Gasteiger partial charge is 0.444 e. The molecule has 4 N–H and O–H groups in total. The number of rotatable bonds is 5.